The molecule has 1 aromatic heterocycles. The third-order valence-corrected chi connectivity index (χ3v) is 4.11. The van der Waals surface area contributed by atoms with Gasteiger partial charge in [0.2, 0.25) is 0 Å². The van der Waals surface area contributed by atoms with Gasteiger partial charge >= 0.3 is 0 Å². The smallest absolute Gasteiger partial charge is 0.0545 e. The predicted molar refractivity (Wildman–Crippen MR) is 78.0 cm³/mol. The van der Waals surface area contributed by atoms with Gasteiger partial charge in [0, 0.05) is 24.9 Å². The van der Waals surface area contributed by atoms with E-state index >= 15 is 0 Å². The third-order valence-electron chi connectivity index (χ3n) is 4.11. The molecule has 0 aliphatic heterocycles. The Balaban J connectivity index is 1.92. The minimum Gasteiger partial charge on any atom is -0.396 e. The van der Waals surface area contributed by atoms with Crippen LogP contribution in [0.5, 0.6) is 0 Å². The molecule has 106 valence electrons. The van der Waals surface area contributed by atoms with Crippen LogP contribution < -0.4 is 5.32 Å². The SMILES string of the molecule is CC(C)c1cccc(CN[C@@H]2CCCC[C@H]2CO)n1. The van der Waals surface area contributed by atoms with E-state index in [1.165, 1.54) is 19.3 Å². The first kappa shape index (κ1) is 14.5. The van der Waals surface area contributed by atoms with E-state index in [9.17, 15) is 5.11 Å². The summed E-state index contributed by atoms with van der Waals surface area (Å²) >= 11 is 0. The van der Waals surface area contributed by atoms with Gasteiger partial charge in [-0.25, -0.2) is 0 Å². The fourth-order valence-electron chi connectivity index (χ4n) is 2.85. The number of hydrogen-bond donors (Lipinski definition) is 2. The standard InChI is InChI=1S/C16H26N2O/c1-12(2)15-9-5-7-14(18-15)10-17-16-8-4-3-6-13(16)11-19/h5,7,9,12-13,16-17,19H,3-4,6,8,10-11H2,1-2H3/t13-,16+/m0/s1. The van der Waals surface area contributed by atoms with Crippen molar-refractivity contribution in [2.75, 3.05) is 6.61 Å². The van der Waals surface area contributed by atoms with E-state index < -0.39 is 0 Å². The minimum absolute atomic E-state index is 0.303. The highest BCUT2D eigenvalue weighted by atomic mass is 16.3. The Morgan fingerprint density at radius 2 is 2.11 bits per heavy atom. The number of aromatic nitrogens is 1. The fraction of sp³-hybridized carbons (Fsp3) is 0.688. The summed E-state index contributed by atoms with van der Waals surface area (Å²) in [5.41, 5.74) is 2.26. The van der Waals surface area contributed by atoms with E-state index in [-0.39, 0.29) is 0 Å². The van der Waals surface area contributed by atoms with Crippen molar-refractivity contribution < 1.29 is 5.11 Å². The molecule has 19 heavy (non-hydrogen) atoms. The fourth-order valence-corrected chi connectivity index (χ4v) is 2.85. The number of rotatable bonds is 5. The molecular formula is C16H26N2O. The van der Waals surface area contributed by atoms with Crippen molar-refractivity contribution >= 4 is 0 Å². The van der Waals surface area contributed by atoms with Gasteiger partial charge in [0.1, 0.15) is 0 Å². The van der Waals surface area contributed by atoms with Gasteiger partial charge in [-0.3, -0.25) is 4.98 Å². The van der Waals surface area contributed by atoms with Crippen LogP contribution in [-0.2, 0) is 6.54 Å². The first-order chi connectivity index (χ1) is 9.20. The lowest BCUT2D eigenvalue weighted by atomic mass is 9.85. The molecule has 1 fully saturated rings. The van der Waals surface area contributed by atoms with Crippen LogP contribution in [0.15, 0.2) is 18.2 Å². The quantitative estimate of drug-likeness (QED) is 0.857. The van der Waals surface area contributed by atoms with E-state index in [4.69, 9.17) is 0 Å². The molecule has 0 unspecified atom stereocenters. The largest absolute Gasteiger partial charge is 0.396 e. The average Bonchev–Trinajstić information content (AvgIpc) is 2.45. The Labute approximate surface area is 116 Å². The summed E-state index contributed by atoms with van der Waals surface area (Å²) in [4.78, 5) is 4.68. The van der Waals surface area contributed by atoms with E-state index in [1.54, 1.807) is 0 Å². The molecule has 0 saturated heterocycles. The van der Waals surface area contributed by atoms with E-state index in [0.29, 0.717) is 24.5 Å². The number of aliphatic hydroxyl groups is 1. The van der Waals surface area contributed by atoms with Gasteiger partial charge in [0.25, 0.3) is 0 Å². The van der Waals surface area contributed by atoms with Crippen LogP contribution in [0, 0.1) is 5.92 Å². The van der Waals surface area contributed by atoms with Gasteiger partial charge in [-0.1, -0.05) is 32.8 Å². The Bertz CT molecular complexity index is 392. The molecule has 2 rings (SSSR count). The second-order valence-electron chi connectivity index (χ2n) is 5.92. The van der Waals surface area contributed by atoms with Gasteiger partial charge < -0.3 is 10.4 Å². The van der Waals surface area contributed by atoms with Crippen LogP contribution in [0.4, 0.5) is 0 Å². The summed E-state index contributed by atoms with van der Waals surface area (Å²) < 4.78 is 0. The van der Waals surface area contributed by atoms with Crippen molar-refractivity contribution in [2.24, 2.45) is 5.92 Å². The summed E-state index contributed by atoms with van der Waals surface area (Å²) in [6.07, 6.45) is 4.85. The van der Waals surface area contributed by atoms with Crippen LogP contribution in [0.1, 0.15) is 56.8 Å². The van der Waals surface area contributed by atoms with Crippen LogP contribution in [-0.4, -0.2) is 22.7 Å². The normalized spacial score (nSPS) is 23.8. The molecule has 0 amide bonds. The van der Waals surface area contributed by atoms with Crippen LogP contribution >= 0.6 is 0 Å². The molecule has 0 spiro atoms. The molecule has 0 bridgehead atoms. The molecule has 3 heteroatoms. The van der Waals surface area contributed by atoms with Crippen molar-refractivity contribution in [2.45, 2.75) is 58.0 Å². The second-order valence-corrected chi connectivity index (χ2v) is 5.92. The van der Waals surface area contributed by atoms with Gasteiger partial charge in [-0.2, -0.15) is 0 Å². The average molecular weight is 262 g/mol. The van der Waals surface area contributed by atoms with Gasteiger partial charge in [-0.05, 0) is 36.8 Å². The zero-order valence-corrected chi connectivity index (χ0v) is 12.1. The Kier molecular flexibility index (Phi) is 5.34. The van der Waals surface area contributed by atoms with Crippen LogP contribution in [0.25, 0.3) is 0 Å². The van der Waals surface area contributed by atoms with Gasteiger partial charge in [0.05, 0.1) is 5.69 Å². The summed E-state index contributed by atoms with van der Waals surface area (Å²) in [5, 5.41) is 13.0. The van der Waals surface area contributed by atoms with Gasteiger partial charge in [0.15, 0.2) is 0 Å². The molecule has 1 aromatic rings. The number of nitrogens with zero attached hydrogens (tertiary/aromatic N) is 1. The molecule has 1 aliphatic rings. The predicted octanol–water partition coefficient (Wildman–Crippen LogP) is 2.85. The Morgan fingerprint density at radius 1 is 1.32 bits per heavy atom. The van der Waals surface area contributed by atoms with Crippen LogP contribution in [0.2, 0.25) is 0 Å². The summed E-state index contributed by atoms with van der Waals surface area (Å²) in [6.45, 7) is 5.45. The van der Waals surface area contributed by atoms with Crippen molar-refractivity contribution in [3.05, 3.63) is 29.6 Å². The Morgan fingerprint density at radius 3 is 2.84 bits per heavy atom. The molecule has 3 nitrogen and oxygen atoms in total. The summed E-state index contributed by atoms with van der Waals surface area (Å²) in [7, 11) is 0. The molecule has 1 heterocycles. The molecular weight excluding hydrogens is 236 g/mol. The van der Waals surface area contributed by atoms with Crippen molar-refractivity contribution in [1.29, 1.82) is 0 Å². The van der Waals surface area contributed by atoms with E-state index in [1.807, 2.05) is 0 Å². The van der Waals surface area contributed by atoms with E-state index in [0.717, 1.165) is 24.4 Å². The highest BCUT2D eigenvalue weighted by Gasteiger charge is 2.23. The molecule has 2 N–H and O–H groups in total. The van der Waals surface area contributed by atoms with E-state index in [2.05, 4.69) is 42.3 Å². The lowest BCUT2D eigenvalue weighted by molar-refractivity contribution is 0.152. The number of nitrogens with one attached hydrogen (secondary N) is 1. The zero-order chi connectivity index (χ0) is 13.7. The number of pyridine rings is 1. The highest BCUT2D eigenvalue weighted by Crippen LogP contribution is 2.24. The first-order valence-electron chi connectivity index (χ1n) is 7.50. The lowest BCUT2D eigenvalue weighted by Crippen LogP contribution is -2.39. The second kappa shape index (κ2) is 7.01. The highest BCUT2D eigenvalue weighted by molar-refractivity contribution is 5.13. The molecule has 0 aromatic carbocycles. The molecule has 1 aliphatic carbocycles. The summed E-state index contributed by atoms with van der Waals surface area (Å²) in [5.74, 6) is 0.891. The zero-order valence-electron chi connectivity index (χ0n) is 12.1. The monoisotopic (exact) mass is 262 g/mol. The van der Waals surface area contributed by atoms with Crippen LogP contribution in [0.3, 0.4) is 0 Å². The molecule has 1 saturated carbocycles. The maximum absolute atomic E-state index is 9.42. The van der Waals surface area contributed by atoms with Gasteiger partial charge in [-0.15, -0.1) is 0 Å². The lowest BCUT2D eigenvalue weighted by Gasteiger charge is -2.31. The topological polar surface area (TPSA) is 45.1 Å². The molecule has 0 radical (unpaired) electrons. The number of hydrogen-bond acceptors (Lipinski definition) is 3. The maximum atomic E-state index is 9.42. The minimum atomic E-state index is 0.303. The third kappa shape index (κ3) is 4.02. The van der Waals surface area contributed by atoms with Crippen molar-refractivity contribution in [1.82, 2.24) is 10.3 Å². The first-order valence-corrected chi connectivity index (χ1v) is 7.50. The maximum Gasteiger partial charge on any atom is 0.0545 e. The van der Waals surface area contributed by atoms with Crippen molar-refractivity contribution in [3.63, 3.8) is 0 Å². The molecule has 2 atom stereocenters. The summed E-state index contributed by atoms with van der Waals surface area (Å²) in [6, 6.07) is 6.70. The van der Waals surface area contributed by atoms with Crippen molar-refractivity contribution in [3.8, 4) is 0 Å². The number of aliphatic hydroxyl groups excluding tert-OH is 1. The Hall–Kier alpha value is -0.930.